The maximum atomic E-state index is 2.68. The van der Waals surface area contributed by atoms with Crippen molar-refractivity contribution in [2.24, 2.45) is 5.41 Å². The van der Waals surface area contributed by atoms with Crippen molar-refractivity contribution in [1.82, 2.24) is 4.90 Å². The van der Waals surface area contributed by atoms with Gasteiger partial charge in [-0.2, -0.15) is 0 Å². The number of rotatable bonds is 3. The summed E-state index contributed by atoms with van der Waals surface area (Å²) in [6.45, 7) is 3.86. The van der Waals surface area contributed by atoms with Gasteiger partial charge in [0.25, 0.3) is 0 Å². The molecule has 0 aliphatic heterocycles. The van der Waals surface area contributed by atoms with Crippen molar-refractivity contribution in [3.05, 3.63) is 0 Å². The lowest BCUT2D eigenvalue weighted by Crippen LogP contribution is -2.41. The monoisotopic (exact) mass is 223 g/mol. The molecular formula is C15H29N. The lowest BCUT2D eigenvalue weighted by Gasteiger charge is -2.41. The Morgan fingerprint density at radius 1 is 0.938 bits per heavy atom. The zero-order valence-corrected chi connectivity index (χ0v) is 11.3. The molecule has 2 fully saturated rings. The van der Waals surface area contributed by atoms with E-state index in [0.717, 1.165) is 6.04 Å². The highest BCUT2D eigenvalue weighted by Crippen LogP contribution is 2.37. The van der Waals surface area contributed by atoms with E-state index in [2.05, 4.69) is 18.9 Å². The van der Waals surface area contributed by atoms with Crippen molar-refractivity contribution in [3.8, 4) is 0 Å². The Labute approximate surface area is 102 Å². The Morgan fingerprint density at radius 3 is 2.12 bits per heavy atom. The predicted octanol–water partition coefficient (Wildman–Crippen LogP) is 4.22. The minimum absolute atomic E-state index is 0.629. The highest BCUT2D eigenvalue weighted by Gasteiger charge is 2.30. The molecule has 0 atom stereocenters. The molecule has 2 aliphatic carbocycles. The third-order valence-electron chi connectivity index (χ3n) is 4.89. The third-order valence-corrected chi connectivity index (χ3v) is 4.89. The van der Waals surface area contributed by atoms with Crippen molar-refractivity contribution in [2.45, 2.75) is 77.2 Å². The van der Waals surface area contributed by atoms with Crippen LogP contribution in [0.2, 0.25) is 0 Å². The molecular weight excluding hydrogens is 194 g/mol. The molecule has 2 rings (SSSR count). The molecule has 16 heavy (non-hydrogen) atoms. The van der Waals surface area contributed by atoms with E-state index in [-0.39, 0.29) is 0 Å². The molecule has 0 bridgehead atoms. The van der Waals surface area contributed by atoms with E-state index < -0.39 is 0 Å². The smallest absolute Gasteiger partial charge is 0.00924 e. The predicted molar refractivity (Wildman–Crippen MR) is 70.7 cm³/mol. The van der Waals surface area contributed by atoms with Gasteiger partial charge in [0.15, 0.2) is 0 Å². The van der Waals surface area contributed by atoms with Gasteiger partial charge in [-0.1, -0.05) is 45.4 Å². The lowest BCUT2D eigenvalue weighted by atomic mass is 9.75. The second-order valence-electron chi connectivity index (χ2n) is 6.58. The van der Waals surface area contributed by atoms with Crippen molar-refractivity contribution < 1.29 is 0 Å². The summed E-state index contributed by atoms with van der Waals surface area (Å²) in [5.41, 5.74) is 0.629. The zero-order valence-electron chi connectivity index (χ0n) is 11.3. The second kappa shape index (κ2) is 5.53. The Morgan fingerprint density at radius 2 is 1.50 bits per heavy atom. The van der Waals surface area contributed by atoms with Crippen molar-refractivity contribution in [1.29, 1.82) is 0 Å². The molecule has 0 N–H and O–H groups in total. The molecule has 0 spiro atoms. The Kier molecular flexibility index (Phi) is 4.29. The second-order valence-corrected chi connectivity index (χ2v) is 6.58. The molecule has 0 aromatic rings. The molecule has 2 saturated carbocycles. The molecule has 0 unspecified atom stereocenters. The first-order chi connectivity index (χ1) is 7.70. The molecule has 0 heterocycles. The zero-order chi connectivity index (χ0) is 11.4. The third kappa shape index (κ3) is 3.23. The van der Waals surface area contributed by atoms with Crippen LogP contribution in [0.1, 0.15) is 71.1 Å². The first kappa shape index (κ1) is 12.4. The normalized spacial score (nSPS) is 27.2. The van der Waals surface area contributed by atoms with Gasteiger partial charge < -0.3 is 4.90 Å². The summed E-state index contributed by atoms with van der Waals surface area (Å²) in [5, 5.41) is 0. The van der Waals surface area contributed by atoms with E-state index in [0.29, 0.717) is 5.41 Å². The number of hydrogen-bond acceptors (Lipinski definition) is 1. The molecule has 0 amide bonds. The molecule has 2 aliphatic rings. The van der Waals surface area contributed by atoms with Gasteiger partial charge in [-0.25, -0.2) is 0 Å². The van der Waals surface area contributed by atoms with E-state index in [1.54, 1.807) is 0 Å². The van der Waals surface area contributed by atoms with Crippen LogP contribution in [0.15, 0.2) is 0 Å². The molecule has 1 nitrogen and oxygen atoms in total. The lowest BCUT2D eigenvalue weighted by molar-refractivity contribution is 0.0942. The van der Waals surface area contributed by atoms with Crippen molar-refractivity contribution in [2.75, 3.05) is 13.6 Å². The fourth-order valence-electron chi connectivity index (χ4n) is 3.82. The Balaban J connectivity index is 1.82. The van der Waals surface area contributed by atoms with Crippen molar-refractivity contribution >= 4 is 0 Å². The van der Waals surface area contributed by atoms with Gasteiger partial charge in [-0.3, -0.25) is 0 Å². The standard InChI is InChI=1S/C15H29N/c1-15(11-7-4-8-12-15)13-16(2)14-9-5-3-6-10-14/h14H,3-13H2,1-2H3. The largest absolute Gasteiger partial charge is 0.303 e. The van der Waals surface area contributed by atoms with Crippen LogP contribution >= 0.6 is 0 Å². The van der Waals surface area contributed by atoms with Crippen molar-refractivity contribution in [3.63, 3.8) is 0 Å². The molecule has 94 valence electrons. The summed E-state index contributed by atoms with van der Waals surface area (Å²) in [7, 11) is 2.37. The van der Waals surface area contributed by atoms with Crippen LogP contribution < -0.4 is 0 Å². The van der Waals surface area contributed by atoms with Crippen LogP contribution in [0.25, 0.3) is 0 Å². The highest BCUT2D eigenvalue weighted by atomic mass is 15.1. The number of nitrogens with zero attached hydrogens (tertiary/aromatic N) is 1. The molecule has 1 heteroatoms. The van der Waals surface area contributed by atoms with E-state index in [1.165, 1.54) is 70.8 Å². The van der Waals surface area contributed by atoms with Crippen LogP contribution in [-0.4, -0.2) is 24.5 Å². The van der Waals surface area contributed by atoms with E-state index in [4.69, 9.17) is 0 Å². The Bertz CT molecular complexity index is 199. The quantitative estimate of drug-likeness (QED) is 0.692. The molecule has 0 aromatic carbocycles. The SMILES string of the molecule is CN(CC1(C)CCCCC1)C1CCCCC1. The van der Waals surface area contributed by atoms with Gasteiger partial charge in [-0.15, -0.1) is 0 Å². The van der Waals surface area contributed by atoms with Gasteiger partial charge in [-0.05, 0) is 38.1 Å². The van der Waals surface area contributed by atoms with E-state index in [9.17, 15) is 0 Å². The van der Waals surface area contributed by atoms with Gasteiger partial charge in [0, 0.05) is 12.6 Å². The average molecular weight is 223 g/mol. The molecule has 0 saturated heterocycles. The molecule has 0 radical (unpaired) electrons. The maximum absolute atomic E-state index is 2.68. The molecule has 0 aromatic heterocycles. The Hall–Kier alpha value is -0.0400. The van der Waals surface area contributed by atoms with Gasteiger partial charge in [0.2, 0.25) is 0 Å². The summed E-state index contributed by atoms with van der Waals surface area (Å²) in [6.07, 6.45) is 14.6. The van der Waals surface area contributed by atoms with Crippen LogP contribution in [0, 0.1) is 5.41 Å². The minimum Gasteiger partial charge on any atom is -0.303 e. The van der Waals surface area contributed by atoms with E-state index >= 15 is 0 Å². The van der Waals surface area contributed by atoms with Gasteiger partial charge in [0.05, 0.1) is 0 Å². The summed E-state index contributed by atoms with van der Waals surface area (Å²) < 4.78 is 0. The topological polar surface area (TPSA) is 3.24 Å². The summed E-state index contributed by atoms with van der Waals surface area (Å²) >= 11 is 0. The fourth-order valence-corrected chi connectivity index (χ4v) is 3.82. The summed E-state index contributed by atoms with van der Waals surface area (Å²) in [4.78, 5) is 2.68. The summed E-state index contributed by atoms with van der Waals surface area (Å²) in [5.74, 6) is 0. The van der Waals surface area contributed by atoms with Crippen LogP contribution in [-0.2, 0) is 0 Å². The number of hydrogen-bond donors (Lipinski definition) is 0. The first-order valence-electron chi connectivity index (χ1n) is 7.40. The van der Waals surface area contributed by atoms with E-state index in [1.807, 2.05) is 0 Å². The van der Waals surface area contributed by atoms with Gasteiger partial charge >= 0.3 is 0 Å². The summed E-state index contributed by atoms with van der Waals surface area (Å²) in [6, 6.07) is 0.896. The van der Waals surface area contributed by atoms with Crippen LogP contribution in [0.5, 0.6) is 0 Å². The highest BCUT2D eigenvalue weighted by molar-refractivity contribution is 4.84. The fraction of sp³-hybridized carbons (Fsp3) is 1.00. The van der Waals surface area contributed by atoms with Crippen LogP contribution in [0.4, 0.5) is 0 Å². The minimum atomic E-state index is 0.629. The van der Waals surface area contributed by atoms with Gasteiger partial charge in [0.1, 0.15) is 0 Å². The first-order valence-corrected chi connectivity index (χ1v) is 7.40. The van der Waals surface area contributed by atoms with Crippen LogP contribution in [0.3, 0.4) is 0 Å². The maximum Gasteiger partial charge on any atom is 0.00924 e. The average Bonchev–Trinajstić information content (AvgIpc) is 2.30.